The number of hydrogen-bond acceptors (Lipinski definition) is 2. The summed E-state index contributed by atoms with van der Waals surface area (Å²) in [5.41, 5.74) is 4.03. The number of halogens is 2. The van der Waals surface area contributed by atoms with Crippen LogP contribution in [0.25, 0.3) is 43.9 Å². The normalized spacial score (nSPS) is 11.4. The molecule has 0 saturated heterocycles. The number of rotatable bonds is 0. The second-order valence-electron chi connectivity index (χ2n) is 7.34. The summed E-state index contributed by atoms with van der Waals surface area (Å²) < 4.78 is 16.5. The van der Waals surface area contributed by atoms with Crippen LogP contribution in [0.15, 0.2) is 81.6 Å². The second-order valence-corrected chi connectivity index (χ2v) is 9.66. The molecule has 0 aliphatic rings. The summed E-state index contributed by atoms with van der Waals surface area (Å²) in [4.78, 5) is 0. The quantitative estimate of drug-likeness (QED) is 0.159. The Morgan fingerprint density at radius 2 is 0.800 bits per heavy atom. The summed E-state index contributed by atoms with van der Waals surface area (Å²) in [6.45, 7) is 0. The van der Waals surface area contributed by atoms with E-state index in [1.165, 1.54) is 30.0 Å². The van der Waals surface area contributed by atoms with E-state index in [4.69, 9.17) is 8.83 Å². The van der Waals surface area contributed by atoms with Gasteiger partial charge in [0.05, 0.1) is 7.14 Å². The maximum absolute atomic E-state index is 5.91. The van der Waals surface area contributed by atoms with Crippen molar-refractivity contribution >= 4 is 133 Å². The van der Waals surface area contributed by atoms with E-state index in [2.05, 4.69) is 153 Å². The van der Waals surface area contributed by atoms with Gasteiger partial charge in [0, 0.05) is 10.8 Å². The number of para-hydroxylation sites is 4. The Bertz CT molecular complexity index is 1320. The van der Waals surface area contributed by atoms with Crippen LogP contribution in [0.4, 0.5) is 0 Å². The molecule has 4 aromatic carbocycles. The van der Waals surface area contributed by atoms with E-state index in [9.17, 15) is 0 Å². The molecule has 0 radical (unpaired) electrons. The third kappa shape index (κ3) is 3.66. The van der Waals surface area contributed by atoms with Crippen LogP contribution in [0.3, 0.4) is 0 Å². The molecule has 0 fully saturated rings. The number of benzene rings is 4. The fourth-order valence-electron chi connectivity index (χ4n) is 3.85. The molecular weight excluding hydrogens is 588 g/mol. The van der Waals surface area contributed by atoms with Crippen LogP contribution >= 0.6 is 45.2 Å². The first-order valence-corrected chi connectivity index (χ1v) is 11.8. The van der Waals surface area contributed by atoms with Crippen LogP contribution in [0.2, 0.25) is 0 Å². The molecule has 0 bridgehead atoms. The van der Waals surface area contributed by atoms with E-state index < -0.39 is 0 Å². The van der Waals surface area contributed by atoms with Gasteiger partial charge in [-0.2, -0.15) is 0 Å². The predicted molar refractivity (Wildman–Crippen MR) is 144 cm³/mol. The van der Waals surface area contributed by atoms with Gasteiger partial charge in [-0.15, -0.1) is 0 Å². The molecule has 136 valence electrons. The van der Waals surface area contributed by atoms with Crippen molar-refractivity contribution in [2.45, 2.75) is 0 Å². The van der Waals surface area contributed by atoms with Gasteiger partial charge in [-0.25, -0.2) is 0 Å². The van der Waals surface area contributed by atoms with Crippen molar-refractivity contribution in [3.8, 4) is 0 Å². The Hall–Kier alpha value is -0.865. The maximum atomic E-state index is 5.91. The summed E-state index contributed by atoms with van der Waals surface area (Å²) in [5, 5.41) is 4.84. The Morgan fingerprint density at radius 3 is 1.23 bits per heavy atom. The van der Waals surface area contributed by atoms with Gasteiger partial charge in [0.1, 0.15) is 11.2 Å². The summed E-state index contributed by atoms with van der Waals surface area (Å²) in [6.07, 6.45) is 0. The molecule has 6 heteroatoms. The van der Waals surface area contributed by atoms with Crippen LogP contribution in [0.5, 0.6) is 0 Å². The topological polar surface area (TPSA) is 26.3 Å². The van der Waals surface area contributed by atoms with E-state index in [0.717, 1.165) is 29.5 Å². The number of fused-ring (bicyclic) bond motifs is 6. The Kier molecular flexibility index (Phi) is 6.01. The van der Waals surface area contributed by atoms with E-state index in [1.54, 1.807) is 0 Å². The molecule has 0 N–H and O–H groups in total. The minimum absolute atomic E-state index is 0.997. The monoisotopic (exact) mass is 600 g/mol. The molecule has 6 rings (SSSR count). The van der Waals surface area contributed by atoms with Crippen molar-refractivity contribution in [1.29, 1.82) is 0 Å². The van der Waals surface area contributed by atoms with E-state index in [1.807, 2.05) is 0 Å². The molecule has 0 atom stereocenters. The first kappa shape index (κ1) is 21.0. The SMILES string of the molecule is Ic1cccc2c1oc1c(I)cccc12.[Li][c]1cccc2c1oc1[c]([Li])cccc12. The molecule has 30 heavy (non-hydrogen) atoms. The fourth-order valence-corrected chi connectivity index (χ4v) is 5.07. The summed E-state index contributed by atoms with van der Waals surface area (Å²) in [7, 11) is 0. The van der Waals surface area contributed by atoms with Crippen LogP contribution in [0.1, 0.15) is 0 Å². The van der Waals surface area contributed by atoms with Gasteiger partial charge in [0.25, 0.3) is 0 Å². The third-order valence-electron chi connectivity index (χ3n) is 5.35. The molecule has 0 aliphatic carbocycles. The van der Waals surface area contributed by atoms with Gasteiger partial charge in [-0.3, -0.25) is 0 Å². The molecule has 0 saturated carbocycles. The first-order chi connectivity index (χ1) is 14.5. The molecule has 0 spiro atoms. The Labute approximate surface area is 219 Å². The van der Waals surface area contributed by atoms with Crippen molar-refractivity contribution in [3.05, 3.63) is 79.9 Å². The van der Waals surface area contributed by atoms with Crippen molar-refractivity contribution in [2.24, 2.45) is 0 Å². The predicted octanol–water partition coefficient (Wildman–Crippen LogP) is 5.97. The molecule has 0 amide bonds. The van der Waals surface area contributed by atoms with Gasteiger partial charge >= 0.3 is 107 Å². The minimum atomic E-state index is 0.997. The Balaban J connectivity index is 0.000000128. The first-order valence-electron chi connectivity index (χ1n) is 9.67. The van der Waals surface area contributed by atoms with Gasteiger partial charge in [0.15, 0.2) is 0 Å². The van der Waals surface area contributed by atoms with Crippen LogP contribution < -0.4 is 8.47 Å². The van der Waals surface area contributed by atoms with E-state index in [0.29, 0.717) is 0 Å². The zero-order chi connectivity index (χ0) is 20.8. The van der Waals surface area contributed by atoms with Crippen molar-refractivity contribution in [2.75, 3.05) is 0 Å². The molecule has 0 aliphatic heterocycles. The number of hydrogen-bond donors (Lipinski definition) is 0. The standard InChI is InChI=1S/C12H6I2O.C12H6O.2Li/c13-9-5-1-3-7-8-4-2-6-10(14)12(8)15-11(7)9;1-3-7-11-9(5-1)10-6-2-4-8-12(10)13-11;;/h1-6H;1-6H;;. The second kappa shape index (κ2) is 8.58. The van der Waals surface area contributed by atoms with Crippen molar-refractivity contribution < 1.29 is 8.83 Å². The fraction of sp³-hybridized carbons (Fsp3) is 0. The average Bonchev–Trinajstić information content (AvgIpc) is 3.31. The van der Waals surface area contributed by atoms with Gasteiger partial charge < -0.3 is 4.42 Å². The summed E-state index contributed by atoms with van der Waals surface area (Å²) in [6, 6.07) is 25.1. The van der Waals surface area contributed by atoms with Crippen LogP contribution in [-0.4, -0.2) is 35.4 Å². The van der Waals surface area contributed by atoms with Gasteiger partial charge in [-0.1, -0.05) is 24.3 Å². The molecule has 0 unspecified atom stereocenters. The van der Waals surface area contributed by atoms with Crippen molar-refractivity contribution in [3.63, 3.8) is 0 Å². The molecule has 2 nitrogen and oxygen atoms in total. The molecule has 6 aromatic rings. The zero-order valence-corrected chi connectivity index (χ0v) is 20.8. The third-order valence-corrected chi connectivity index (χ3v) is 7.05. The van der Waals surface area contributed by atoms with E-state index in [-0.39, 0.29) is 0 Å². The Morgan fingerprint density at radius 1 is 0.467 bits per heavy atom. The zero-order valence-electron chi connectivity index (χ0n) is 16.5. The molecular formula is C24H12I2Li2O2. The van der Waals surface area contributed by atoms with E-state index >= 15 is 0 Å². The number of furan rings is 2. The summed E-state index contributed by atoms with van der Waals surface area (Å²) >= 11 is 8.78. The molecule has 2 aromatic heterocycles. The molecule has 2 heterocycles. The average molecular weight is 600 g/mol. The van der Waals surface area contributed by atoms with Crippen LogP contribution in [0, 0.1) is 7.14 Å². The van der Waals surface area contributed by atoms with Gasteiger partial charge in [0.2, 0.25) is 0 Å². The van der Waals surface area contributed by atoms with Crippen LogP contribution in [-0.2, 0) is 0 Å². The van der Waals surface area contributed by atoms with Gasteiger partial charge in [-0.05, 0) is 57.3 Å². The van der Waals surface area contributed by atoms with Crippen molar-refractivity contribution in [1.82, 2.24) is 0 Å². The summed E-state index contributed by atoms with van der Waals surface area (Å²) in [5.74, 6) is 0.